The third-order valence-corrected chi connectivity index (χ3v) is 1.55. The normalized spacial score (nSPS) is 7.44. The Labute approximate surface area is 103 Å². The molecule has 0 saturated heterocycles. The summed E-state index contributed by atoms with van der Waals surface area (Å²) in [6, 6.07) is 9.97. The van der Waals surface area contributed by atoms with E-state index in [4.69, 9.17) is 5.41 Å². The highest BCUT2D eigenvalue weighted by molar-refractivity contribution is 9.10. The summed E-state index contributed by atoms with van der Waals surface area (Å²) >= 11 is 3.31. The van der Waals surface area contributed by atoms with Gasteiger partial charge in [0.15, 0.2) is 5.96 Å². The molecular weight excluding hydrogens is 274 g/mol. The summed E-state index contributed by atoms with van der Waals surface area (Å²) in [6.07, 6.45) is 0. The van der Waals surface area contributed by atoms with Crippen molar-refractivity contribution in [2.45, 2.75) is 6.92 Å². The highest BCUT2D eigenvalue weighted by atomic mass is 79.9. The molecule has 0 heterocycles. The van der Waals surface area contributed by atoms with Gasteiger partial charge in [-0.2, -0.15) is 0 Å². The second-order valence-corrected chi connectivity index (χ2v) is 3.36. The Bertz CT molecular complexity index is 300. The minimum absolute atomic E-state index is 0.245. The lowest BCUT2D eigenvalue weighted by atomic mass is 10.4. The van der Waals surface area contributed by atoms with E-state index in [1.54, 1.807) is 0 Å². The van der Waals surface area contributed by atoms with Crippen molar-refractivity contribution in [1.29, 1.82) is 5.41 Å². The van der Waals surface area contributed by atoms with Gasteiger partial charge in [-0.25, -0.2) is 0 Å². The van der Waals surface area contributed by atoms with Crippen molar-refractivity contribution in [1.82, 2.24) is 0 Å². The molecule has 0 saturated carbocycles. The Morgan fingerprint density at radius 1 is 1.31 bits per heavy atom. The molecule has 0 bridgehead atoms. The molecule has 90 valence electrons. The molecule has 0 amide bonds. The number of guanidine groups is 1. The van der Waals surface area contributed by atoms with Gasteiger partial charge in [0.05, 0.1) is 7.11 Å². The standard InChI is InChI=1S/C6H5Br.C3H6O2.CH5N3/c7-6-4-2-1-3-5-6;1-3(4)5-2;2-1(3)4/h1-5H;1-2H3;(H5,2,3,4). The molecule has 0 aromatic heterocycles. The predicted octanol–water partition coefficient (Wildman–Crippen LogP) is 1.47. The molecule has 0 fully saturated rings. The van der Waals surface area contributed by atoms with Gasteiger partial charge in [-0.15, -0.1) is 0 Å². The summed E-state index contributed by atoms with van der Waals surface area (Å²) in [5.41, 5.74) is 8.94. The highest BCUT2D eigenvalue weighted by Crippen LogP contribution is 2.05. The number of methoxy groups -OCH3 is 1. The van der Waals surface area contributed by atoms with Crippen molar-refractivity contribution >= 4 is 27.9 Å². The van der Waals surface area contributed by atoms with Crippen molar-refractivity contribution in [3.8, 4) is 0 Å². The fraction of sp³-hybridized carbons (Fsp3) is 0.200. The summed E-state index contributed by atoms with van der Waals surface area (Å²) < 4.78 is 5.25. The number of carbonyl (C=O) groups is 1. The minimum Gasteiger partial charge on any atom is -0.469 e. The Balaban J connectivity index is 0. The van der Waals surface area contributed by atoms with Crippen LogP contribution in [0.2, 0.25) is 0 Å². The molecule has 1 aromatic rings. The number of hydrogen-bond donors (Lipinski definition) is 3. The maximum Gasteiger partial charge on any atom is 0.302 e. The average Bonchev–Trinajstić information content (AvgIpc) is 2.19. The first-order chi connectivity index (χ1) is 7.40. The monoisotopic (exact) mass is 289 g/mol. The number of carbonyl (C=O) groups excluding carboxylic acids is 1. The van der Waals surface area contributed by atoms with Crippen LogP contribution < -0.4 is 11.5 Å². The van der Waals surface area contributed by atoms with Crippen LogP contribution in [0.3, 0.4) is 0 Å². The first-order valence-electron chi connectivity index (χ1n) is 4.24. The zero-order valence-electron chi connectivity index (χ0n) is 9.24. The second-order valence-electron chi connectivity index (χ2n) is 2.45. The van der Waals surface area contributed by atoms with Crippen LogP contribution >= 0.6 is 15.9 Å². The summed E-state index contributed by atoms with van der Waals surface area (Å²) in [7, 11) is 1.35. The van der Waals surface area contributed by atoms with Crippen LogP contribution in [-0.2, 0) is 9.53 Å². The summed E-state index contributed by atoms with van der Waals surface area (Å²) in [4.78, 5) is 9.59. The second kappa shape index (κ2) is 11.5. The summed E-state index contributed by atoms with van der Waals surface area (Å²) in [5.74, 6) is -0.579. The molecule has 0 unspecified atom stereocenters. The van der Waals surface area contributed by atoms with Crippen LogP contribution in [0.15, 0.2) is 34.8 Å². The minimum atomic E-state index is -0.333. The zero-order chi connectivity index (χ0) is 13.0. The third kappa shape index (κ3) is 22.9. The number of hydrogen-bond acceptors (Lipinski definition) is 3. The molecule has 16 heavy (non-hydrogen) atoms. The van der Waals surface area contributed by atoms with Crippen LogP contribution in [-0.4, -0.2) is 19.0 Å². The van der Waals surface area contributed by atoms with Crippen molar-refractivity contribution < 1.29 is 9.53 Å². The lowest BCUT2D eigenvalue weighted by molar-refractivity contribution is -0.137. The fourth-order valence-electron chi connectivity index (χ4n) is 0.415. The number of halogens is 1. The van der Waals surface area contributed by atoms with Gasteiger partial charge in [-0.1, -0.05) is 34.1 Å². The van der Waals surface area contributed by atoms with Gasteiger partial charge in [0.1, 0.15) is 0 Å². The van der Waals surface area contributed by atoms with Crippen molar-refractivity contribution in [2.24, 2.45) is 11.5 Å². The van der Waals surface area contributed by atoms with Crippen LogP contribution in [0.1, 0.15) is 6.92 Å². The van der Waals surface area contributed by atoms with Gasteiger partial charge in [0, 0.05) is 11.4 Å². The summed E-state index contributed by atoms with van der Waals surface area (Å²) in [5, 5.41) is 6.06. The van der Waals surface area contributed by atoms with E-state index in [9.17, 15) is 4.79 Å². The van der Waals surface area contributed by atoms with Crippen molar-refractivity contribution in [3.05, 3.63) is 34.8 Å². The molecule has 6 heteroatoms. The number of benzene rings is 1. The van der Waals surface area contributed by atoms with Crippen molar-refractivity contribution in [3.63, 3.8) is 0 Å². The Morgan fingerprint density at radius 2 is 1.62 bits per heavy atom. The Hall–Kier alpha value is -1.56. The molecule has 1 aromatic carbocycles. The molecule has 0 aliphatic carbocycles. The lowest BCUT2D eigenvalue weighted by Gasteiger charge is -1.80. The van der Waals surface area contributed by atoms with E-state index in [0.717, 1.165) is 4.47 Å². The molecule has 5 N–H and O–H groups in total. The number of esters is 1. The quantitative estimate of drug-likeness (QED) is 0.382. The van der Waals surface area contributed by atoms with Crippen molar-refractivity contribution in [2.75, 3.05) is 7.11 Å². The smallest absolute Gasteiger partial charge is 0.302 e. The van der Waals surface area contributed by atoms with E-state index in [1.807, 2.05) is 30.3 Å². The van der Waals surface area contributed by atoms with Gasteiger partial charge in [0.25, 0.3) is 0 Å². The van der Waals surface area contributed by atoms with Gasteiger partial charge in [0.2, 0.25) is 0 Å². The lowest BCUT2D eigenvalue weighted by Crippen LogP contribution is -2.20. The van der Waals surface area contributed by atoms with Gasteiger partial charge >= 0.3 is 5.97 Å². The third-order valence-electron chi connectivity index (χ3n) is 1.02. The number of nitrogens with one attached hydrogen (secondary N) is 1. The van der Waals surface area contributed by atoms with Gasteiger partial charge in [-0.05, 0) is 12.1 Å². The Morgan fingerprint density at radius 3 is 1.75 bits per heavy atom. The molecule has 0 aliphatic heterocycles. The SMILES string of the molecule is Brc1ccccc1.COC(C)=O.N=C(N)N. The molecule has 0 aliphatic rings. The van der Waals surface area contributed by atoms with Crippen LogP contribution in [0.4, 0.5) is 0 Å². The van der Waals surface area contributed by atoms with Crippen LogP contribution in [0.5, 0.6) is 0 Å². The number of ether oxygens (including phenoxy) is 1. The molecule has 0 spiro atoms. The van der Waals surface area contributed by atoms with Crippen LogP contribution in [0, 0.1) is 5.41 Å². The molecule has 0 radical (unpaired) electrons. The van der Waals surface area contributed by atoms with E-state index in [2.05, 4.69) is 32.1 Å². The van der Waals surface area contributed by atoms with E-state index in [0.29, 0.717) is 0 Å². The molecule has 5 nitrogen and oxygen atoms in total. The number of rotatable bonds is 0. The Kier molecular flexibility index (Phi) is 12.1. The van der Waals surface area contributed by atoms with E-state index >= 15 is 0 Å². The highest BCUT2D eigenvalue weighted by Gasteiger charge is 1.75. The molecule has 1 rings (SSSR count). The van der Waals surface area contributed by atoms with Gasteiger partial charge < -0.3 is 16.2 Å². The van der Waals surface area contributed by atoms with E-state index < -0.39 is 0 Å². The number of nitrogens with two attached hydrogens (primary N) is 2. The maximum absolute atomic E-state index is 9.59. The zero-order valence-corrected chi connectivity index (χ0v) is 10.8. The fourth-order valence-corrected chi connectivity index (χ4v) is 0.720. The average molecular weight is 290 g/mol. The van der Waals surface area contributed by atoms with Gasteiger partial charge in [-0.3, -0.25) is 10.2 Å². The molecule has 0 atom stereocenters. The van der Waals surface area contributed by atoms with E-state index in [-0.39, 0.29) is 11.9 Å². The first-order valence-corrected chi connectivity index (χ1v) is 5.04. The summed E-state index contributed by atoms with van der Waals surface area (Å²) in [6.45, 7) is 1.36. The molecular formula is C10H16BrN3O2. The van der Waals surface area contributed by atoms with Crippen LogP contribution in [0.25, 0.3) is 0 Å². The first kappa shape index (κ1) is 16.9. The maximum atomic E-state index is 9.59. The topological polar surface area (TPSA) is 102 Å². The predicted molar refractivity (Wildman–Crippen MR) is 67.9 cm³/mol. The largest absolute Gasteiger partial charge is 0.469 e. The van der Waals surface area contributed by atoms with E-state index in [1.165, 1.54) is 14.0 Å².